The second kappa shape index (κ2) is 13.1. The first-order valence-electron chi connectivity index (χ1n) is 15.1. The molecule has 0 amide bonds. The topological polar surface area (TPSA) is 113 Å². The van der Waals surface area contributed by atoms with Crippen molar-refractivity contribution in [2.24, 2.45) is 11.8 Å². The number of esters is 2. The van der Waals surface area contributed by atoms with Gasteiger partial charge in [-0.2, -0.15) is 0 Å². The van der Waals surface area contributed by atoms with Crippen molar-refractivity contribution in [1.29, 1.82) is 0 Å². The summed E-state index contributed by atoms with van der Waals surface area (Å²) in [6.45, 7) is 7.56. The molecule has 0 saturated carbocycles. The fourth-order valence-electron chi connectivity index (χ4n) is 5.09. The molecular weight excluding hydrogens is 568 g/mol. The molecule has 6 aromatic rings. The van der Waals surface area contributed by atoms with E-state index >= 15 is 0 Å². The van der Waals surface area contributed by atoms with Crippen LogP contribution in [0.5, 0.6) is 28.7 Å². The summed E-state index contributed by atoms with van der Waals surface area (Å²) in [7, 11) is 0. The molecule has 0 saturated heterocycles. The molecule has 0 radical (unpaired) electrons. The zero-order valence-corrected chi connectivity index (χ0v) is 25.7. The van der Waals surface area contributed by atoms with Crippen molar-refractivity contribution in [3.05, 3.63) is 91.0 Å². The summed E-state index contributed by atoms with van der Waals surface area (Å²) in [4.78, 5) is 24.5. The lowest BCUT2D eigenvalue weighted by Crippen LogP contribution is -2.17. The molecule has 6 rings (SSSR count). The van der Waals surface area contributed by atoms with Gasteiger partial charge in [-0.1, -0.05) is 100 Å². The summed E-state index contributed by atoms with van der Waals surface area (Å²) in [6.07, 6.45) is 1.42. The highest BCUT2D eigenvalue weighted by Crippen LogP contribution is 2.43. The van der Waals surface area contributed by atoms with Crippen molar-refractivity contribution in [1.82, 2.24) is 0 Å². The fraction of sp³-hybridized carbons (Fsp3) is 0.211. The number of fused-ring (bicyclic) bond motifs is 4. The number of hydrogen-bond donors (Lipinski definition) is 3. The van der Waals surface area contributed by atoms with Crippen LogP contribution in [0.3, 0.4) is 0 Å². The van der Waals surface area contributed by atoms with Gasteiger partial charge in [-0.25, -0.2) is 0 Å². The van der Waals surface area contributed by atoms with Crippen LogP contribution in [0.25, 0.3) is 43.1 Å². The molecule has 3 N–H and O–H groups in total. The number of carbonyl (C=O) groups excluding carboxylic acids is 2. The molecule has 7 heteroatoms. The average molecular weight is 605 g/mol. The lowest BCUT2D eigenvalue weighted by Gasteiger charge is -2.15. The third kappa shape index (κ3) is 6.07. The van der Waals surface area contributed by atoms with Gasteiger partial charge in [0.2, 0.25) is 0 Å². The Bertz CT molecular complexity index is 1990. The summed E-state index contributed by atoms with van der Waals surface area (Å²) >= 11 is 0. The van der Waals surface area contributed by atoms with Gasteiger partial charge in [-0.05, 0) is 36.4 Å². The van der Waals surface area contributed by atoms with Crippen LogP contribution >= 0.6 is 0 Å². The normalized spacial score (nSPS) is 12.4. The first-order chi connectivity index (χ1) is 21.7. The number of rotatable bonds is 6. The summed E-state index contributed by atoms with van der Waals surface area (Å²) < 4.78 is 11.4. The largest absolute Gasteiger partial charge is 0.507 e. The van der Waals surface area contributed by atoms with Gasteiger partial charge >= 0.3 is 11.9 Å². The van der Waals surface area contributed by atoms with E-state index in [1.54, 1.807) is 12.1 Å². The molecule has 0 aliphatic rings. The van der Waals surface area contributed by atoms with E-state index in [2.05, 4.69) is 0 Å². The Kier molecular flexibility index (Phi) is 9.09. The number of hydrogen-bond acceptors (Lipinski definition) is 7. The number of phenolic OH excluding ortho intramolecular Hbond substituents is 3. The molecule has 45 heavy (non-hydrogen) atoms. The Morgan fingerprint density at radius 1 is 0.556 bits per heavy atom. The van der Waals surface area contributed by atoms with Gasteiger partial charge in [0.1, 0.15) is 17.2 Å². The Morgan fingerprint density at radius 3 is 1.49 bits per heavy atom. The van der Waals surface area contributed by atoms with Crippen molar-refractivity contribution < 1.29 is 34.4 Å². The Hall–Kier alpha value is -5.30. The van der Waals surface area contributed by atoms with Crippen LogP contribution in [0.2, 0.25) is 0 Å². The number of benzene rings is 6. The third-order valence-corrected chi connectivity index (χ3v) is 8.23. The zero-order valence-electron chi connectivity index (χ0n) is 25.7. The first kappa shape index (κ1) is 31.1. The molecule has 0 heterocycles. The van der Waals surface area contributed by atoms with Crippen LogP contribution in [0.1, 0.15) is 40.5 Å². The molecule has 7 nitrogen and oxygen atoms in total. The predicted octanol–water partition coefficient (Wildman–Crippen LogP) is 9.01. The zero-order chi connectivity index (χ0) is 32.2. The van der Waals surface area contributed by atoms with Crippen molar-refractivity contribution in [2.45, 2.75) is 40.5 Å². The number of aromatic hydroxyl groups is 3. The monoisotopic (exact) mass is 604 g/mol. The highest BCUT2D eigenvalue weighted by Gasteiger charge is 2.20. The van der Waals surface area contributed by atoms with E-state index < -0.39 is 0 Å². The molecule has 2 atom stereocenters. The van der Waals surface area contributed by atoms with E-state index in [0.29, 0.717) is 39.5 Å². The highest BCUT2D eigenvalue weighted by molar-refractivity contribution is 6.12. The van der Waals surface area contributed by atoms with Crippen molar-refractivity contribution >= 4 is 55.0 Å². The molecule has 0 fully saturated rings. The average Bonchev–Trinajstić information content (AvgIpc) is 3.07. The van der Waals surface area contributed by atoms with Gasteiger partial charge in [0.25, 0.3) is 0 Å². The fourth-order valence-corrected chi connectivity index (χ4v) is 5.09. The summed E-state index contributed by atoms with van der Waals surface area (Å²) in [5.74, 6) is -0.189. The molecule has 230 valence electrons. The quantitative estimate of drug-likeness (QED) is 0.0752. The standard InChI is InChI=1S/C19H18O4.C19H18O3/c1-3-11(2)19(22)23-18-13-7-5-4-6-12(13)10-15-14(18)8-9-16(20)17(15)21;1-3-12(2)19(21)22-18-15-10-6-4-8-13(15)17(20)14-9-5-7-11-16(14)18/h4-11,20-21H,3H2,1-2H3;4-12,20H,3H2,1-2H3. The molecule has 6 aromatic carbocycles. The molecule has 2 unspecified atom stereocenters. The van der Waals surface area contributed by atoms with Crippen molar-refractivity contribution in [3.63, 3.8) is 0 Å². The van der Waals surface area contributed by atoms with E-state index in [-0.39, 0.29) is 41.0 Å². The van der Waals surface area contributed by atoms with Crippen LogP contribution in [-0.2, 0) is 9.59 Å². The number of ether oxygens (including phenoxy) is 2. The van der Waals surface area contributed by atoms with E-state index in [4.69, 9.17) is 9.47 Å². The molecule has 0 bridgehead atoms. The SMILES string of the molecule is CCC(C)C(=O)Oc1c2ccccc2c(O)c2ccccc12.CCC(C)C(=O)Oc1c2ccccc2cc2c(O)c(O)ccc12. The minimum atomic E-state index is -0.308. The summed E-state index contributed by atoms with van der Waals surface area (Å²) in [5.41, 5.74) is 0. The molecule has 0 aliphatic heterocycles. The predicted molar refractivity (Wildman–Crippen MR) is 178 cm³/mol. The van der Waals surface area contributed by atoms with Crippen molar-refractivity contribution in [2.75, 3.05) is 0 Å². The highest BCUT2D eigenvalue weighted by atomic mass is 16.5. The third-order valence-electron chi connectivity index (χ3n) is 8.23. The summed E-state index contributed by atoms with van der Waals surface area (Å²) in [6, 6.07) is 27.2. The molecule has 0 spiro atoms. The van der Waals surface area contributed by atoms with Gasteiger partial charge in [0.05, 0.1) is 11.8 Å². The first-order valence-corrected chi connectivity index (χ1v) is 15.1. The molecule has 0 aromatic heterocycles. The lowest BCUT2D eigenvalue weighted by atomic mass is 10.0. The lowest BCUT2D eigenvalue weighted by molar-refractivity contribution is -0.139. The smallest absolute Gasteiger partial charge is 0.314 e. The van der Waals surface area contributed by atoms with E-state index in [1.165, 1.54) is 6.07 Å². The molecule has 0 aliphatic carbocycles. The van der Waals surface area contributed by atoms with Crippen LogP contribution in [0, 0.1) is 11.8 Å². The van der Waals surface area contributed by atoms with Crippen LogP contribution in [0.4, 0.5) is 0 Å². The maximum atomic E-state index is 12.2. The van der Waals surface area contributed by atoms with Crippen molar-refractivity contribution in [3.8, 4) is 28.7 Å². The second-order valence-electron chi connectivity index (χ2n) is 11.2. The van der Waals surface area contributed by atoms with Gasteiger partial charge < -0.3 is 24.8 Å². The van der Waals surface area contributed by atoms with Gasteiger partial charge in [-0.3, -0.25) is 9.59 Å². The second-order valence-corrected chi connectivity index (χ2v) is 11.2. The van der Waals surface area contributed by atoms with E-state index in [9.17, 15) is 24.9 Å². The van der Waals surface area contributed by atoms with Gasteiger partial charge in [0.15, 0.2) is 11.5 Å². The Labute approximate surface area is 261 Å². The van der Waals surface area contributed by atoms with Crippen LogP contribution in [0.15, 0.2) is 91.0 Å². The van der Waals surface area contributed by atoms with Gasteiger partial charge in [-0.15, -0.1) is 0 Å². The van der Waals surface area contributed by atoms with Crippen LogP contribution < -0.4 is 9.47 Å². The maximum Gasteiger partial charge on any atom is 0.314 e. The molecular formula is C38H36O7. The van der Waals surface area contributed by atoms with E-state index in [1.807, 2.05) is 100 Å². The number of phenols is 3. The van der Waals surface area contributed by atoms with E-state index in [0.717, 1.165) is 28.0 Å². The van der Waals surface area contributed by atoms with Crippen LogP contribution in [-0.4, -0.2) is 27.3 Å². The maximum absolute atomic E-state index is 12.2. The summed E-state index contributed by atoms with van der Waals surface area (Å²) in [5, 5.41) is 35.9. The minimum absolute atomic E-state index is 0.161. The van der Waals surface area contributed by atoms with Gasteiger partial charge in [0, 0.05) is 37.7 Å². The minimum Gasteiger partial charge on any atom is -0.507 e. The Morgan fingerprint density at radius 2 is 0.978 bits per heavy atom. The number of carbonyl (C=O) groups is 2. The Balaban J connectivity index is 0.000000178.